The molecule has 0 saturated carbocycles. The van der Waals surface area contributed by atoms with Gasteiger partial charge in [-0.25, -0.2) is 4.98 Å². The van der Waals surface area contributed by atoms with Gasteiger partial charge in [0.1, 0.15) is 11.5 Å². The monoisotopic (exact) mass is 423 g/mol. The minimum Gasteiger partial charge on any atom is -0.493 e. The molecule has 0 atom stereocenters. The Balaban J connectivity index is 1.96. The zero-order valence-corrected chi connectivity index (χ0v) is 18.2. The number of imidazole rings is 1. The van der Waals surface area contributed by atoms with E-state index < -0.39 is 0 Å². The van der Waals surface area contributed by atoms with Crippen molar-refractivity contribution in [2.45, 2.75) is 19.3 Å². The summed E-state index contributed by atoms with van der Waals surface area (Å²) in [5, 5.41) is 2.94. The Bertz CT molecular complexity index is 666. The van der Waals surface area contributed by atoms with Gasteiger partial charge in [0.2, 0.25) is 0 Å². The van der Waals surface area contributed by atoms with E-state index in [-0.39, 0.29) is 5.91 Å². The summed E-state index contributed by atoms with van der Waals surface area (Å²) in [4.78, 5) is 19.6. The quantitative estimate of drug-likeness (QED) is 0.452. The molecule has 0 radical (unpaired) electrons. The molecule has 0 aliphatic rings. The van der Waals surface area contributed by atoms with Crippen LogP contribution in [0.15, 0.2) is 30.7 Å². The first-order valence-electron chi connectivity index (χ1n) is 9.37. The van der Waals surface area contributed by atoms with Crippen molar-refractivity contribution < 1.29 is 14.3 Å². The number of aromatic amines is 1. The van der Waals surface area contributed by atoms with E-state index in [0.717, 1.165) is 30.0 Å². The Labute approximate surface area is 175 Å². The molecule has 2 aromatic rings. The van der Waals surface area contributed by atoms with E-state index in [1.807, 2.05) is 6.07 Å². The first kappa shape index (κ1) is 22.5. The Kier molecular flexibility index (Phi) is 10.8. The van der Waals surface area contributed by atoms with Crippen LogP contribution in [-0.4, -0.2) is 59.7 Å². The molecule has 6 nitrogen and oxygen atoms in total. The Morgan fingerprint density at radius 3 is 2.25 bits per heavy atom. The second kappa shape index (κ2) is 13.4. The SMILES string of the molecule is CSCCCOc1cc(OCCCSC)cc(C(=O)NCCc2cnc[nH]2)c1. The van der Waals surface area contributed by atoms with E-state index >= 15 is 0 Å². The summed E-state index contributed by atoms with van der Waals surface area (Å²) >= 11 is 3.59. The van der Waals surface area contributed by atoms with Gasteiger partial charge >= 0.3 is 0 Å². The number of hydrogen-bond donors (Lipinski definition) is 2. The predicted molar refractivity (Wildman–Crippen MR) is 118 cm³/mol. The molecule has 8 heteroatoms. The van der Waals surface area contributed by atoms with Crippen LogP contribution in [0.4, 0.5) is 0 Å². The second-order valence-electron chi connectivity index (χ2n) is 6.17. The van der Waals surface area contributed by atoms with E-state index in [2.05, 4.69) is 27.8 Å². The minimum absolute atomic E-state index is 0.136. The van der Waals surface area contributed by atoms with E-state index in [4.69, 9.17) is 9.47 Å². The Morgan fingerprint density at radius 1 is 1.07 bits per heavy atom. The fourth-order valence-corrected chi connectivity index (χ4v) is 3.30. The second-order valence-corrected chi connectivity index (χ2v) is 8.14. The molecule has 0 bridgehead atoms. The molecule has 1 amide bonds. The summed E-state index contributed by atoms with van der Waals surface area (Å²) in [5.41, 5.74) is 1.54. The largest absolute Gasteiger partial charge is 0.493 e. The van der Waals surface area contributed by atoms with Gasteiger partial charge < -0.3 is 19.8 Å². The lowest BCUT2D eigenvalue weighted by Crippen LogP contribution is -2.25. The number of thioether (sulfide) groups is 2. The van der Waals surface area contributed by atoms with Crippen molar-refractivity contribution in [3.8, 4) is 11.5 Å². The van der Waals surface area contributed by atoms with Crippen LogP contribution in [-0.2, 0) is 6.42 Å². The molecule has 0 aliphatic heterocycles. The predicted octanol–water partition coefficient (Wildman–Crippen LogP) is 3.65. The molecular formula is C20H29N3O3S2. The molecule has 0 fully saturated rings. The van der Waals surface area contributed by atoms with Gasteiger partial charge in [0.25, 0.3) is 5.91 Å². The van der Waals surface area contributed by atoms with Gasteiger partial charge in [-0.2, -0.15) is 23.5 Å². The number of amides is 1. The molecule has 2 rings (SSSR count). The van der Waals surface area contributed by atoms with Crippen LogP contribution in [0.2, 0.25) is 0 Å². The third-order valence-electron chi connectivity index (χ3n) is 3.90. The van der Waals surface area contributed by atoms with Gasteiger partial charge in [0, 0.05) is 36.5 Å². The van der Waals surface area contributed by atoms with Crippen molar-refractivity contribution in [3.63, 3.8) is 0 Å². The van der Waals surface area contributed by atoms with Gasteiger partial charge in [0.05, 0.1) is 19.5 Å². The zero-order chi connectivity index (χ0) is 20.0. The van der Waals surface area contributed by atoms with Crippen LogP contribution >= 0.6 is 23.5 Å². The first-order valence-corrected chi connectivity index (χ1v) is 12.2. The Hall–Kier alpha value is -1.80. The van der Waals surface area contributed by atoms with Crippen LogP contribution in [0.25, 0.3) is 0 Å². The maximum Gasteiger partial charge on any atom is 0.251 e. The molecule has 2 N–H and O–H groups in total. The molecule has 1 aromatic carbocycles. The molecule has 154 valence electrons. The van der Waals surface area contributed by atoms with Gasteiger partial charge in [-0.15, -0.1) is 0 Å². The fraction of sp³-hybridized carbons (Fsp3) is 0.500. The highest BCUT2D eigenvalue weighted by molar-refractivity contribution is 7.98. The number of nitrogens with one attached hydrogen (secondary N) is 2. The lowest BCUT2D eigenvalue weighted by atomic mass is 10.2. The third-order valence-corrected chi connectivity index (χ3v) is 5.29. The average Bonchev–Trinajstić information content (AvgIpc) is 3.22. The molecule has 28 heavy (non-hydrogen) atoms. The fourth-order valence-electron chi connectivity index (χ4n) is 2.49. The topological polar surface area (TPSA) is 76.2 Å². The van der Waals surface area contributed by atoms with E-state index in [1.54, 1.807) is 48.2 Å². The molecule has 1 heterocycles. The summed E-state index contributed by atoms with van der Waals surface area (Å²) in [6, 6.07) is 5.41. The van der Waals surface area contributed by atoms with Crippen LogP contribution in [0.1, 0.15) is 28.9 Å². The van der Waals surface area contributed by atoms with Gasteiger partial charge in [-0.1, -0.05) is 0 Å². The van der Waals surface area contributed by atoms with Crippen molar-refractivity contribution in [2.75, 3.05) is 43.8 Å². The summed E-state index contributed by atoms with van der Waals surface area (Å²) < 4.78 is 11.7. The zero-order valence-electron chi connectivity index (χ0n) is 16.5. The van der Waals surface area contributed by atoms with Crippen LogP contribution < -0.4 is 14.8 Å². The number of benzene rings is 1. The Morgan fingerprint density at radius 2 is 1.71 bits per heavy atom. The number of carbonyl (C=O) groups excluding carboxylic acids is 1. The van der Waals surface area contributed by atoms with Crippen LogP contribution in [0.3, 0.4) is 0 Å². The van der Waals surface area contributed by atoms with Gasteiger partial charge in [-0.05, 0) is 49.0 Å². The lowest BCUT2D eigenvalue weighted by molar-refractivity contribution is 0.0953. The summed E-state index contributed by atoms with van der Waals surface area (Å²) in [7, 11) is 0. The summed E-state index contributed by atoms with van der Waals surface area (Å²) in [5.74, 6) is 3.30. The smallest absolute Gasteiger partial charge is 0.251 e. The minimum atomic E-state index is -0.136. The molecule has 0 unspecified atom stereocenters. The number of ether oxygens (including phenoxy) is 2. The number of hydrogen-bond acceptors (Lipinski definition) is 6. The highest BCUT2D eigenvalue weighted by atomic mass is 32.2. The normalized spacial score (nSPS) is 10.6. The highest BCUT2D eigenvalue weighted by Gasteiger charge is 2.11. The standard InChI is InChI=1S/C20H29N3O3S2/c1-27-9-3-7-25-18-11-16(12-19(13-18)26-8-4-10-28-2)20(24)22-6-5-17-14-21-15-23-17/h11-15H,3-10H2,1-2H3,(H,21,23)(H,22,24). The number of H-pyrrole nitrogens is 1. The van der Waals surface area contributed by atoms with Gasteiger partial charge in [0.15, 0.2) is 0 Å². The lowest BCUT2D eigenvalue weighted by Gasteiger charge is -2.12. The number of rotatable bonds is 14. The molecule has 0 aliphatic carbocycles. The molecule has 1 aromatic heterocycles. The molecular weight excluding hydrogens is 394 g/mol. The summed E-state index contributed by atoms with van der Waals surface area (Å²) in [6.45, 7) is 1.78. The van der Waals surface area contributed by atoms with E-state index in [0.29, 0.717) is 43.2 Å². The van der Waals surface area contributed by atoms with Crippen molar-refractivity contribution >= 4 is 29.4 Å². The first-order chi connectivity index (χ1) is 13.7. The molecule has 0 saturated heterocycles. The van der Waals surface area contributed by atoms with Crippen molar-refractivity contribution in [1.29, 1.82) is 0 Å². The van der Waals surface area contributed by atoms with Crippen LogP contribution in [0.5, 0.6) is 11.5 Å². The van der Waals surface area contributed by atoms with E-state index in [1.165, 1.54) is 0 Å². The van der Waals surface area contributed by atoms with Crippen molar-refractivity contribution in [3.05, 3.63) is 42.0 Å². The highest BCUT2D eigenvalue weighted by Crippen LogP contribution is 2.24. The number of aromatic nitrogens is 2. The number of carbonyl (C=O) groups is 1. The third kappa shape index (κ3) is 8.48. The van der Waals surface area contributed by atoms with E-state index in [9.17, 15) is 4.79 Å². The van der Waals surface area contributed by atoms with Crippen molar-refractivity contribution in [1.82, 2.24) is 15.3 Å². The number of nitrogens with zero attached hydrogens (tertiary/aromatic N) is 1. The van der Waals surface area contributed by atoms with Crippen molar-refractivity contribution in [2.24, 2.45) is 0 Å². The average molecular weight is 424 g/mol. The maximum atomic E-state index is 12.6. The summed E-state index contributed by atoms with van der Waals surface area (Å²) in [6.07, 6.45) is 10.2. The molecule has 0 spiro atoms. The maximum absolute atomic E-state index is 12.6. The van der Waals surface area contributed by atoms with Gasteiger partial charge in [-0.3, -0.25) is 4.79 Å². The van der Waals surface area contributed by atoms with Crippen LogP contribution in [0, 0.1) is 0 Å².